The molecule has 1 heterocycles. The summed E-state index contributed by atoms with van der Waals surface area (Å²) in [6.07, 6.45) is 2.13. The third-order valence-electron chi connectivity index (χ3n) is 2.55. The Morgan fingerprint density at radius 3 is 2.82 bits per heavy atom. The van der Waals surface area contributed by atoms with Crippen LogP contribution in [0.3, 0.4) is 0 Å². The van der Waals surface area contributed by atoms with E-state index in [2.05, 4.69) is 4.98 Å². The first-order valence-electron chi connectivity index (χ1n) is 5.22. The van der Waals surface area contributed by atoms with Crippen LogP contribution in [-0.4, -0.2) is 12.1 Å². The summed E-state index contributed by atoms with van der Waals surface area (Å²) in [5, 5.41) is 0. The molecule has 2 aromatic rings. The monoisotopic (exact) mass is 232 g/mol. The highest BCUT2D eigenvalue weighted by Crippen LogP contribution is 2.23. The number of hydrogen-bond donors (Lipinski definition) is 1. The van der Waals surface area contributed by atoms with Gasteiger partial charge in [0, 0.05) is 18.2 Å². The van der Waals surface area contributed by atoms with Gasteiger partial charge in [0.15, 0.2) is 0 Å². The van der Waals surface area contributed by atoms with Crippen molar-refractivity contribution in [2.24, 2.45) is 0 Å². The number of pyridine rings is 1. The van der Waals surface area contributed by atoms with E-state index in [0.717, 1.165) is 11.1 Å². The summed E-state index contributed by atoms with van der Waals surface area (Å²) in [4.78, 5) is 4.00. The van der Waals surface area contributed by atoms with Crippen LogP contribution in [0, 0.1) is 5.82 Å². The normalized spacial score (nSPS) is 10.2. The van der Waals surface area contributed by atoms with Crippen LogP contribution in [0.4, 0.5) is 10.2 Å². The van der Waals surface area contributed by atoms with Gasteiger partial charge in [0.2, 0.25) is 0 Å². The Morgan fingerprint density at radius 2 is 2.12 bits per heavy atom. The Bertz CT molecular complexity index is 529. The minimum atomic E-state index is -0.289. The molecule has 0 unspecified atom stereocenters. The summed E-state index contributed by atoms with van der Waals surface area (Å²) in [6.45, 7) is 0. The van der Waals surface area contributed by atoms with E-state index in [1.54, 1.807) is 25.4 Å². The fourth-order valence-electron chi connectivity index (χ4n) is 1.69. The number of benzene rings is 1. The number of methoxy groups -OCH3 is 1. The van der Waals surface area contributed by atoms with Crippen molar-refractivity contribution in [1.82, 2.24) is 4.98 Å². The van der Waals surface area contributed by atoms with Gasteiger partial charge in [-0.1, -0.05) is 6.07 Å². The van der Waals surface area contributed by atoms with Crippen molar-refractivity contribution in [3.05, 3.63) is 53.5 Å². The molecule has 0 atom stereocenters. The van der Waals surface area contributed by atoms with Crippen LogP contribution in [0.1, 0.15) is 11.1 Å². The van der Waals surface area contributed by atoms with Gasteiger partial charge >= 0.3 is 0 Å². The first-order chi connectivity index (χ1) is 8.20. The van der Waals surface area contributed by atoms with Crippen LogP contribution < -0.4 is 10.5 Å². The van der Waals surface area contributed by atoms with Crippen LogP contribution in [0.2, 0.25) is 0 Å². The van der Waals surface area contributed by atoms with Gasteiger partial charge < -0.3 is 10.5 Å². The second-order valence-corrected chi connectivity index (χ2v) is 3.68. The molecule has 3 nitrogen and oxygen atoms in total. The van der Waals surface area contributed by atoms with Crippen molar-refractivity contribution in [1.29, 1.82) is 0 Å². The standard InChI is InChI=1S/C13H13FN2O/c1-17-12-5-4-11(14)8-10(12)7-9-3-2-6-16-13(9)15/h2-6,8H,7H2,1H3,(H2,15,16). The Balaban J connectivity index is 2.35. The highest BCUT2D eigenvalue weighted by atomic mass is 19.1. The molecule has 0 saturated carbocycles. The van der Waals surface area contributed by atoms with E-state index in [9.17, 15) is 4.39 Å². The van der Waals surface area contributed by atoms with E-state index in [-0.39, 0.29) is 5.82 Å². The molecule has 0 bridgehead atoms. The zero-order chi connectivity index (χ0) is 12.3. The molecule has 0 aliphatic heterocycles. The molecule has 2 N–H and O–H groups in total. The Hall–Kier alpha value is -2.10. The van der Waals surface area contributed by atoms with E-state index < -0.39 is 0 Å². The maximum Gasteiger partial charge on any atom is 0.126 e. The number of nitrogens with zero attached hydrogens (tertiary/aromatic N) is 1. The highest BCUT2D eigenvalue weighted by Gasteiger charge is 2.07. The second kappa shape index (κ2) is 4.82. The summed E-state index contributed by atoms with van der Waals surface area (Å²) >= 11 is 0. The smallest absolute Gasteiger partial charge is 0.126 e. The van der Waals surface area contributed by atoms with Crippen LogP contribution in [0.25, 0.3) is 0 Å². The van der Waals surface area contributed by atoms with Gasteiger partial charge in [-0.15, -0.1) is 0 Å². The molecule has 4 heteroatoms. The second-order valence-electron chi connectivity index (χ2n) is 3.68. The van der Waals surface area contributed by atoms with Crippen molar-refractivity contribution in [2.75, 3.05) is 12.8 Å². The number of hydrogen-bond acceptors (Lipinski definition) is 3. The largest absolute Gasteiger partial charge is 0.496 e. The maximum absolute atomic E-state index is 13.2. The molecule has 17 heavy (non-hydrogen) atoms. The van der Waals surface area contributed by atoms with Crippen molar-refractivity contribution in [3.8, 4) is 5.75 Å². The molecule has 0 fully saturated rings. The lowest BCUT2D eigenvalue weighted by molar-refractivity contribution is 0.409. The zero-order valence-electron chi connectivity index (χ0n) is 9.48. The summed E-state index contributed by atoms with van der Waals surface area (Å²) in [7, 11) is 1.56. The highest BCUT2D eigenvalue weighted by molar-refractivity contribution is 5.45. The SMILES string of the molecule is COc1ccc(F)cc1Cc1cccnc1N. The third-order valence-corrected chi connectivity index (χ3v) is 2.55. The average Bonchev–Trinajstić information content (AvgIpc) is 2.32. The van der Waals surface area contributed by atoms with E-state index in [1.807, 2.05) is 6.07 Å². The number of anilines is 1. The van der Waals surface area contributed by atoms with Crippen molar-refractivity contribution < 1.29 is 9.13 Å². The van der Waals surface area contributed by atoms with Gasteiger partial charge in [-0.2, -0.15) is 0 Å². The molecular formula is C13H13FN2O. The average molecular weight is 232 g/mol. The molecule has 0 radical (unpaired) electrons. The fraction of sp³-hybridized carbons (Fsp3) is 0.154. The molecule has 2 rings (SSSR count). The third kappa shape index (κ3) is 2.53. The Labute approximate surface area is 99.1 Å². The van der Waals surface area contributed by atoms with Gasteiger partial charge in [-0.3, -0.25) is 0 Å². The van der Waals surface area contributed by atoms with E-state index in [0.29, 0.717) is 18.0 Å². The molecule has 88 valence electrons. The van der Waals surface area contributed by atoms with Crippen LogP contribution in [-0.2, 0) is 6.42 Å². The number of ether oxygens (including phenoxy) is 1. The molecule has 0 amide bonds. The van der Waals surface area contributed by atoms with Crippen molar-refractivity contribution in [3.63, 3.8) is 0 Å². The minimum Gasteiger partial charge on any atom is -0.496 e. The van der Waals surface area contributed by atoms with Crippen LogP contribution >= 0.6 is 0 Å². The molecule has 0 spiro atoms. The molecule has 1 aromatic carbocycles. The van der Waals surface area contributed by atoms with E-state index in [4.69, 9.17) is 10.5 Å². The van der Waals surface area contributed by atoms with Crippen LogP contribution in [0.5, 0.6) is 5.75 Å². The first kappa shape index (κ1) is 11.4. The summed E-state index contributed by atoms with van der Waals surface area (Å²) in [5.41, 5.74) is 7.37. The van der Waals surface area contributed by atoms with Crippen LogP contribution in [0.15, 0.2) is 36.5 Å². The van der Waals surface area contributed by atoms with E-state index in [1.165, 1.54) is 12.1 Å². The Kier molecular flexibility index (Phi) is 3.23. The number of rotatable bonds is 3. The number of halogens is 1. The quantitative estimate of drug-likeness (QED) is 0.884. The molecule has 0 aliphatic carbocycles. The van der Waals surface area contributed by atoms with Crippen molar-refractivity contribution in [2.45, 2.75) is 6.42 Å². The lowest BCUT2D eigenvalue weighted by Gasteiger charge is -2.09. The Morgan fingerprint density at radius 1 is 1.29 bits per heavy atom. The topological polar surface area (TPSA) is 48.1 Å². The predicted octanol–water partition coefficient (Wildman–Crippen LogP) is 2.40. The molecule has 0 saturated heterocycles. The van der Waals surface area contributed by atoms with Crippen molar-refractivity contribution >= 4 is 5.82 Å². The van der Waals surface area contributed by atoms with E-state index >= 15 is 0 Å². The predicted molar refractivity (Wildman–Crippen MR) is 64.4 cm³/mol. The number of nitrogens with two attached hydrogens (primary N) is 1. The van der Waals surface area contributed by atoms with Gasteiger partial charge in [0.1, 0.15) is 17.4 Å². The number of aromatic nitrogens is 1. The summed E-state index contributed by atoms with van der Waals surface area (Å²) in [6, 6.07) is 8.10. The van der Waals surface area contributed by atoms with Gasteiger partial charge in [0.25, 0.3) is 0 Å². The zero-order valence-corrected chi connectivity index (χ0v) is 9.48. The number of nitrogen functional groups attached to an aromatic ring is 1. The maximum atomic E-state index is 13.2. The van der Waals surface area contributed by atoms with Gasteiger partial charge in [-0.05, 0) is 29.8 Å². The minimum absolute atomic E-state index is 0.289. The van der Waals surface area contributed by atoms with Gasteiger partial charge in [0.05, 0.1) is 7.11 Å². The lowest BCUT2D eigenvalue weighted by Crippen LogP contribution is -2.00. The molecule has 1 aromatic heterocycles. The van der Waals surface area contributed by atoms with Gasteiger partial charge in [-0.25, -0.2) is 9.37 Å². The lowest BCUT2D eigenvalue weighted by atomic mass is 10.0. The first-order valence-corrected chi connectivity index (χ1v) is 5.22. The fourth-order valence-corrected chi connectivity index (χ4v) is 1.69. The molecular weight excluding hydrogens is 219 g/mol. The summed E-state index contributed by atoms with van der Waals surface area (Å²) < 4.78 is 18.4. The summed E-state index contributed by atoms with van der Waals surface area (Å²) in [5.74, 6) is 0.816. The molecule has 0 aliphatic rings.